The fraction of sp³-hybridized carbons (Fsp3) is 0.364. The molecule has 1 unspecified atom stereocenters. The lowest BCUT2D eigenvalue weighted by Gasteiger charge is -2.29. The number of amides is 2. The van der Waals surface area contributed by atoms with Crippen LogP contribution in [0.25, 0.3) is 0 Å². The number of halogens is 1. The van der Waals surface area contributed by atoms with Crippen molar-refractivity contribution in [3.05, 3.63) is 64.7 Å². The van der Waals surface area contributed by atoms with E-state index in [4.69, 9.17) is 16.3 Å². The summed E-state index contributed by atoms with van der Waals surface area (Å²) in [6, 6.07) is 14.1. The van der Waals surface area contributed by atoms with Crippen molar-refractivity contribution in [2.45, 2.75) is 39.8 Å². The van der Waals surface area contributed by atoms with Crippen LogP contribution in [-0.2, 0) is 16.1 Å². The SMILES string of the molecule is CCCNC(=O)C(C)N(Cc1ccc(Cl)cc1)C(=O)COc1ccccc1C. The Balaban J connectivity index is 2.13. The first-order chi connectivity index (χ1) is 13.4. The number of para-hydroxylation sites is 1. The molecule has 5 nitrogen and oxygen atoms in total. The van der Waals surface area contributed by atoms with Crippen molar-refractivity contribution in [3.63, 3.8) is 0 Å². The van der Waals surface area contributed by atoms with Gasteiger partial charge in [-0.2, -0.15) is 0 Å². The maximum absolute atomic E-state index is 12.9. The van der Waals surface area contributed by atoms with Gasteiger partial charge < -0.3 is 15.0 Å². The second-order valence-electron chi connectivity index (χ2n) is 6.67. The van der Waals surface area contributed by atoms with Crippen molar-refractivity contribution in [1.29, 1.82) is 0 Å². The predicted molar refractivity (Wildman–Crippen MR) is 111 cm³/mol. The Morgan fingerprint density at radius 2 is 1.82 bits per heavy atom. The lowest BCUT2D eigenvalue weighted by atomic mass is 10.1. The molecular weight excluding hydrogens is 376 g/mol. The number of aryl methyl sites for hydroxylation is 1. The summed E-state index contributed by atoms with van der Waals surface area (Å²) in [5.41, 5.74) is 1.84. The Hall–Kier alpha value is -2.53. The van der Waals surface area contributed by atoms with Crippen molar-refractivity contribution in [2.75, 3.05) is 13.2 Å². The zero-order chi connectivity index (χ0) is 20.5. The van der Waals surface area contributed by atoms with E-state index in [-0.39, 0.29) is 18.4 Å². The largest absolute Gasteiger partial charge is 0.484 e. The highest BCUT2D eigenvalue weighted by molar-refractivity contribution is 6.30. The minimum absolute atomic E-state index is 0.135. The van der Waals surface area contributed by atoms with E-state index in [0.717, 1.165) is 17.5 Å². The first kappa shape index (κ1) is 21.8. The van der Waals surface area contributed by atoms with Crippen LogP contribution in [0.15, 0.2) is 48.5 Å². The predicted octanol–water partition coefficient (Wildman–Crippen LogP) is 3.97. The summed E-state index contributed by atoms with van der Waals surface area (Å²) in [6.07, 6.45) is 0.833. The molecule has 0 fully saturated rings. The number of nitrogens with one attached hydrogen (secondary N) is 1. The second kappa shape index (κ2) is 10.7. The molecule has 0 aliphatic rings. The van der Waals surface area contributed by atoms with Gasteiger partial charge in [-0.3, -0.25) is 9.59 Å². The number of hydrogen-bond acceptors (Lipinski definition) is 3. The van der Waals surface area contributed by atoms with Crippen molar-refractivity contribution >= 4 is 23.4 Å². The molecular formula is C22H27ClN2O3. The molecule has 0 aliphatic carbocycles. The molecule has 0 aromatic heterocycles. The van der Waals surface area contributed by atoms with E-state index in [1.54, 1.807) is 19.1 Å². The topological polar surface area (TPSA) is 58.6 Å². The molecule has 0 spiro atoms. The van der Waals surface area contributed by atoms with Crippen LogP contribution in [0.3, 0.4) is 0 Å². The second-order valence-corrected chi connectivity index (χ2v) is 7.11. The van der Waals surface area contributed by atoms with Crippen LogP contribution >= 0.6 is 11.6 Å². The Morgan fingerprint density at radius 1 is 1.14 bits per heavy atom. The van der Waals surface area contributed by atoms with Crippen LogP contribution in [0.5, 0.6) is 5.75 Å². The molecule has 2 amide bonds. The standard InChI is InChI=1S/C22H27ClN2O3/c1-4-13-24-22(27)17(3)25(14-18-9-11-19(23)12-10-18)21(26)15-28-20-8-6-5-7-16(20)2/h5-12,17H,4,13-15H2,1-3H3,(H,24,27). The van der Waals surface area contributed by atoms with Gasteiger partial charge >= 0.3 is 0 Å². The van der Waals surface area contributed by atoms with Gasteiger partial charge in [0, 0.05) is 18.1 Å². The normalized spacial score (nSPS) is 11.6. The van der Waals surface area contributed by atoms with E-state index in [1.165, 1.54) is 4.90 Å². The third kappa shape index (κ3) is 6.27. The summed E-state index contributed by atoms with van der Waals surface area (Å²) in [7, 11) is 0. The third-order valence-electron chi connectivity index (χ3n) is 4.43. The Morgan fingerprint density at radius 3 is 2.46 bits per heavy atom. The van der Waals surface area contributed by atoms with E-state index in [1.807, 2.05) is 50.2 Å². The van der Waals surface area contributed by atoms with Gasteiger partial charge in [0.1, 0.15) is 11.8 Å². The van der Waals surface area contributed by atoms with Crippen LogP contribution < -0.4 is 10.1 Å². The van der Waals surface area contributed by atoms with Gasteiger partial charge in [-0.05, 0) is 49.6 Å². The number of ether oxygens (including phenoxy) is 1. The van der Waals surface area contributed by atoms with Gasteiger partial charge in [-0.25, -0.2) is 0 Å². The molecule has 28 heavy (non-hydrogen) atoms. The van der Waals surface area contributed by atoms with Gasteiger partial charge in [0.25, 0.3) is 5.91 Å². The first-order valence-corrected chi connectivity index (χ1v) is 9.80. The molecule has 0 bridgehead atoms. The average molecular weight is 403 g/mol. The van der Waals surface area contributed by atoms with Crippen LogP contribution in [0, 0.1) is 6.92 Å². The number of hydrogen-bond donors (Lipinski definition) is 1. The molecule has 2 rings (SSSR count). The average Bonchev–Trinajstić information content (AvgIpc) is 2.70. The number of rotatable bonds is 9. The van der Waals surface area contributed by atoms with E-state index < -0.39 is 6.04 Å². The van der Waals surface area contributed by atoms with Crippen molar-refractivity contribution < 1.29 is 14.3 Å². The van der Waals surface area contributed by atoms with Crippen molar-refractivity contribution in [3.8, 4) is 5.75 Å². The zero-order valence-electron chi connectivity index (χ0n) is 16.6. The van der Waals surface area contributed by atoms with Gasteiger partial charge in [-0.1, -0.05) is 48.9 Å². The maximum Gasteiger partial charge on any atom is 0.261 e. The molecule has 0 saturated heterocycles. The summed E-state index contributed by atoms with van der Waals surface area (Å²) in [5, 5.41) is 3.47. The summed E-state index contributed by atoms with van der Waals surface area (Å²) in [4.78, 5) is 26.9. The lowest BCUT2D eigenvalue weighted by Crippen LogP contribution is -2.49. The zero-order valence-corrected chi connectivity index (χ0v) is 17.3. The molecule has 0 radical (unpaired) electrons. The smallest absolute Gasteiger partial charge is 0.261 e. The first-order valence-electron chi connectivity index (χ1n) is 9.42. The third-order valence-corrected chi connectivity index (χ3v) is 4.68. The maximum atomic E-state index is 12.9. The number of nitrogens with zero attached hydrogens (tertiary/aromatic N) is 1. The molecule has 6 heteroatoms. The van der Waals surface area contributed by atoms with E-state index in [2.05, 4.69) is 5.32 Å². The molecule has 150 valence electrons. The highest BCUT2D eigenvalue weighted by Crippen LogP contribution is 2.17. The van der Waals surface area contributed by atoms with E-state index >= 15 is 0 Å². The van der Waals surface area contributed by atoms with Crippen molar-refractivity contribution in [2.24, 2.45) is 0 Å². The summed E-state index contributed by atoms with van der Waals surface area (Å²) in [5.74, 6) is 0.225. The molecule has 1 N–H and O–H groups in total. The fourth-order valence-corrected chi connectivity index (χ4v) is 2.83. The van der Waals surface area contributed by atoms with Crippen LogP contribution in [0.1, 0.15) is 31.4 Å². The van der Waals surface area contributed by atoms with Crippen LogP contribution in [-0.4, -0.2) is 35.9 Å². The number of carbonyl (C=O) groups excluding carboxylic acids is 2. The number of carbonyl (C=O) groups is 2. The van der Waals surface area contributed by atoms with Crippen molar-refractivity contribution in [1.82, 2.24) is 10.2 Å². The minimum Gasteiger partial charge on any atom is -0.484 e. The molecule has 1 atom stereocenters. The van der Waals surface area contributed by atoms with Gasteiger partial charge in [-0.15, -0.1) is 0 Å². The molecule has 0 aliphatic heterocycles. The quantitative estimate of drug-likeness (QED) is 0.690. The molecule has 2 aromatic rings. The van der Waals surface area contributed by atoms with Crippen LogP contribution in [0.4, 0.5) is 0 Å². The van der Waals surface area contributed by atoms with E-state index in [0.29, 0.717) is 23.9 Å². The Bertz CT molecular complexity index is 793. The molecule has 2 aromatic carbocycles. The lowest BCUT2D eigenvalue weighted by molar-refractivity contribution is -0.142. The molecule has 0 saturated carbocycles. The summed E-state index contributed by atoms with van der Waals surface area (Å²) < 4.78 is 5.70. The van der Waals surface area contributed by atoms with Gasteiger partial charge in [0.05, 0.1) is 0 Å². The van der Waals surface area contributed by atoms with Gasteiger partial charge in [0.2, 0.25) is 5.91 Å². The highest BCUT2D eigenvalue weighted by atomic mass is 35.5. The Kier molecular flexibility index (Phi) is 8.33. The molecule has 0 heterocycles. The monoisotopic (exact) mass is 402 g/mol. The van der Waals surface area contributed by atoms with E-state index in [9.17, 15) is 9.59 Å². The highest BCUT2D eigenvalue weighted by Gasteiger charge is 2.26. The summed E-state index contributed by atoms with van der Waals surface area (Å²) in [6.45, 7) is 6.37. The fourth-order valence-electron chi connectivity index (χ4n) is 2.71. The Labute approximate surface area is 171 Å². The summed E-state index contributed by atoms with van der Waals surface area (Å²) >= 11 is 5.95. The van der Waals surface area contributed by atoms with Gasteiger partial charge in [0.15, 0.2) is 6.61 Å². The minimum atomic E-state index is -0.616. The number of benzene rings is 2. The van der Waals surface area contributed by atoms with Crippen LogP contribution in [0.2, 0.25) is 5.02 Å².